The summed E-state index contributed by atoms with van der Waals surface area (Å²) in [6.45, 7) is 0.0996. The van der Waals surface area contributed by atoms with Gasteiger partial charge in [-0.1, -0.05) is 24.3 Å². The average Bonchev–Trinajstić information content (AvgIpc) is 2.25. The normalized spacial score (nSPS) is 9.60. The molecule has 0 saturated carbocycles. The lowest BCUT2D eigenvalue weighted by Crippen LogP contribution is -2.03. The molecule has 0 aliphatic heterocycles. The molecule has 1 aromatic carbocycles. The molecule has 15 heavy (non-hydrogen) atoms. The Bertz CT molecular complexity index is 334. The van der Waals surface area contributed by atoms with Crippen LogP contribution in [0.25, 0.3) is 0 Å². The van der Waals surface area contributed by atoms with Crippen LogP contribution < -0.4 is 0 Å². The number of carbonyl (C=O) groups is 1. The summed E-state index contributed by atoms with van der Waals surface area (Å²) in [6.07, 6.45) is 2.06. The third kappa shape index (κ3) is 4.21. The molecule has 0 heterocycles. The molecule has 1 rings (SSSR count). The highest BCUT2D eigenvalue weighted by Crippen LogP contribution is 2.05. The molecule has 0 spiro atoms. The molecule has 0 fully saturated rings. The summed E-state index contributed by atoms with van der Waals surface area (Å²) in [5.41, 5.74) is 1.66. The first-order valence-electron chi connectivity index (χ1n) is 4.54. The van der Waals surface area contributed by atoms with Crippen molar-refractivity contribution in [3.05, 3.63) is 45.5 Å². The van der Waals surface area contributed by atoms with Gasteiger partial charge in [-0.3, -0.25) is 4.79 Å². The molecule has 5 heteroatoms. The molecule has 0 unspecified atom stereocenters. The number of carbonyl (C=O) groups excluding carboxylic acids is 1. The SMILES string of the molecule is O=Cc1ccc(CCCO[N+](=O)[O-])cc1. The zero-order chi connectivity index (χ0) is 11.1. The Balaban J connectivity index is 2.31. The Morgan fingerprint density at radius 3 is 2.53 bits per heavy atom. The molecule has 0 radical (unpaired) electrons. The molecule has 0 saturated heterocycles. The summed E-state index contributed by atoms with van der Waals surface area (Å²) >= 11 is 0. The minimum atomic E-state index is -0.796. The van der Waals surface area contributed by atoms with E-state index in [4.69, 9.17) is 0 Å². The first-order valence-corrected chi connectivity index (χ1v) is 4.54. The van der Waals surface area contributed by atoms with Gasteiger partial charge in [0.25, 0.3) is 5.09 Å². The van der Waals surface area contributed by atoms with Gasteiger partial charge in [0.1, 0.15) is 6.29 Å². The van der Waals surface area contributed by atoms with Gasteiger partial charge in [0, 0.05) is 5.56 Å². The fourth-order valence-electron chi connectivity index (χ4n) is 1.18. The van der Waals surface area contributed by atoms with Gasteiger partial charge in [-0.15, -0.1) is 10.1 Å². The average molecular weight is 209 g/mol. The predicted molar refractivity (Wildman–Crippen MR) is 53.1 cm³/mol. The van der Waals surface area contributed by atoms with Crippen LogP contribution in [0.2, 0.25) is 0 Å². The van der Waals surface area contributed by atoms with E-state index in [1.807, 2.05) is 12.1 Å². The third-order valence-corrected chi connectivity index (χ3v) is 1.92. The van der Waals surface area contributed by atoms with Crippen LogP contribution in [0.3, 0.4) is 0 Å². The molecule has 0 N–H and O–H groups in total. The van der Waals surface area contributed by atoms with Crippen molar-refractivity contribution < 1.29 is 14.7 Å². The molecule has 80 valence electrons. The molecule has 0 amide bonds. The van der Waals surface area contributed by atoms with Crippen molar-refractivity contribution in [2.45, 2.75) is 12.8 Å². The molecular weight excluding hydrogens is 198 g/mol. The zero-order valence-electron chi connectivity index (χ0n) is 8.09. The maximum absolute atomic E-state index is 10.4. The summed E-state index contributed by atoms with van der Waals surface area (Å²) in [5.74, 6) is 0. The van der Waals surface area contributed by atoms with Gasteiger partial charge in [-0.2, -0.15) is 0 Å². The number of aryl methyl sites for hydroxylation is 1. The maximum Gasteiger partial charge on any atom is 0.294 e. The van der Waals surface area contributed by atoms with E-state index in [1.165, 1.54) is 0 Å². The number of aldehydes is 1. The van der Waals surface area contributed by atoms with E-state index in [0.29, 0.717) is 18.4 Å². The van der Waals surface area contributed by atoms with Gasteiger partial charge in [-0.25, -0.2) is 0 Å². The summed E-state index contributed by atoms with van der Waals surface area (Å²) in [4.78, 5) is 24.4. The number of benzene rings is 1. The van der Waals surface area contributed by atoms with E-state index in [2.05, 4.69) is 4.84 Å². The van der Waals surface area contributed by atoms with Gasteiger partial charge in [0.2, 0.25) is 0 Å². The van der Waals surface area contributed by atoms with Crippen LogP contribution in [-0.2, 0) is 11.3 Å². The fraction of sp³-hybridized carbons (Fsp3) is 0.300. The highest BCUT2D eigenvalue weighted by molar-refractivity contribution is 5.74. The van der Waals surface area contributed by atoms with E-state index < -0.39 is 5.09 Å². The topological polar surface area (TPSA) is 69.4 Å². The van der Waals surface area contributed by atoms with Gasteiger partial charge in [-0.05, 0) is 18.4 Å². The van der Waals surface area contributed by atoms with Crippen molar-refractivity contribution in [3.63, 3.8) is 0 Å². The van der Waals surface area contributed by atoms with E-state index in [0.717, 1.165) is 11.8 Å². The maximum atomic E-state index is 10.4. The van der Waals surface area contributed by atoms with E-state index >= 15 is 0 Å². The Morgan fingerprint density at radius 2 is 2.00 bits per heavy atom. The van der Waals surface area contributed by atoms with Gasteiger partial charge >= 0.3 is 0 Å². The summed E-state index contributed by atoms with van der Waals surface area (Å²) < 4.78 is 0. The van der Waals surface area contributed by atoms with Crippen LogP contribution in [0, 0.1) is 10.1 Å². The second-order valence-electron chi connectivity index (χ2n) is 3.02. The molecule has 0 aliphatic rings. The second-order valence-corrected chi connectivity index (χ2v) is 3.02. The van der Waals surface area contributed by atoms with Crippen LogP contribution in [-0.4, -0.2) is 18.0 Å². The summed E-state index contributed by atoms with van der Waals surface area (Å²) in [7, 11) is 0. The first kappa shape index (κ1) is 11.2. The van der Waals surface area contributed by atoms with Gasteiger partial charge in [0.05, 0.1) is 6.61 Å². The first-order chi connectivity index (χ1) is 7.22. The standard InChI is InChI=1S/C10H11NO4/c12-8-10-5-3-9(4-6-10)2-1-7-15-11(13)14/h3-6,8H,1-2,7H2. The lowest BCUT2D eigenvalue weighted by molar-refractivity contribution is -0.757. The smallest absolute Gasteiger partial charge is 0.294 e. The van der Waals surface area contributed by atoms with Crippen molar-refractivity contribution in [3.8, 4) is 0 Å². The summed E-state index contributed by atoms with van der Waals surface area (Å²) in [6, 6.07) is 7.10. The van der Waals surface area contributed by atoms with E-state index in [9.17, 15) is 14.9 Å². The minimum Gasteiger partial charge on any atom is -0.314 e. The largest absolute Gasteiger partial charge is 0.314 e. The van der Waals surface area contributed by atoms with Gasteiger partial charge in [0.15, 0.2) is 0 Å². The van der Waals surface area contributed by atoms with Gasteiger partial charge < -0.3 is 4.84 Å². The van der Waals surface area contributed by atoms with Crippen molar-refractivity contribution >= 4 is 6.29 Å². The Hall–Kier alpha value is -1.91. The molecule has 0 bridgehead atoms. The van der Waals surface area contributed by atoms with Crippen molar-refractivity contribution in [1.29, 1.82) is 0 Å². The summed E-state index contributed by atoms with van der Waals surface area (Å²) in [5, 5.41) is 9.04. The lowest BCUT2D eigenvalue weighted by Gasteiger charge is -2.00. The zero-order valence-corrected chi connectivity index (χ0v) is 8.09. The lowest BCUT2D eigenvalue weighted by atomic mass is 10.1. The Morgan fingerprint density at radius 1 is 1.33 bits per heavy atom. The second kappa shape index (κ2) is 5.74. The molecule has 0 aliphatic carbocycles. The Labute approximate surface area is 86.8 Å². The minimum absolute atomic E-state index is 0.0996. The monoisotopic (exact) mass is 209 g/mol. The number of hydrogen-bond donors (Lipinski definition) is 0. The predicted octanol–water partition coefficient (Wildman–Crippen LogP) is 1.64. The van der Waals surface area contributed by atoms with Crippen LogP contribution >= 0.6 is 0 Å². The molecule has 5 nitrogen and oxygen atoms in total. The van der Waals surface area contributed by atoms with Crippen LogP contribution in [0.5, 0.6) is 0 Å². The highest BCUT2D eigenvalue weighted by Gasteiger charge is 1.97. The van der Waals surface area contributed by atoms with Crippen LogP contribution in [0.1, 0.15) is 22.3 Å². The van der Waals surface area contributed by atoms with Crippen molar-refractivity contribution in [1.82, 2.24) is 0 Å². The number of hydrogen-bond acceptors (Lipinski definition) is 4. The quantitative estimate of drug-likeness (QED) is 0.309. The van der Waals surface area contributed by atoms with Crippen LogP contribution in [0.4, 0.5) is 0 Å². The van der Waals surface area contributed by atoms with Crippen molar-refractivity contribution in [2.24, 2.45) is 0 Å². The third-order valence-electron chi connectivity index (χ3n) is 1.92. The Kier molecular flexibility index (Phi) is 4.28. The van der Waals surface area contributed by atoms with E-state index in [-0.39, 0.29) is 6.61 Å². The fourth-order valence-corrected chi connectivity index (χ4v) is 1.18. The number of rotatable bonds is 6. The van der Waals surface area contributed by atoms with Crippen LogP contribution in [0.15, 0.2) is 24.3 Å². The highest BCUT2D eigenvalue weighted by atomic mass is 16.9. The molecular formula is C10H11NO4. The van der Waals surface area contributed by atoms with E-state index in [1.54, 1.807) is 12.1 Å². The number of nitrogens with zero attached hydrogens (tertiary/aromatic N) is 1. The molecule has 1 aromatic rings. The molecule has 0 aromatic heterocycles. The molecule has 0 atom stereocenters. The van der Waals surface area contributed by atoms with Crippen molar-refractivity contribution in [2.75, 3.05) is 6.61 Å².